The summed E-state index contributed by atoms with van der Waals surface area (Å²) < 4.78 is 5.93. The van der Waals surface area contributed by atoms with Gasteiger partial charge in [0, 0.05) is 41.0 Å². The fourth-order valence-corrected chi connectivity index (χ4v) is 6.76. The highest BCUT2D eigenvalue weighted by Crippen LogP contribution is 2.42. The summed E-state index contributed by atoms with van der Waals surface area (Å²) in [6.45, 7) is 2.37. The molecular weight excluding hydrogens is 544 g/mol. The molecule has 42 heavy (non-hydrogen) atoms. The minimum Gasteiger partial charge on any atom is -0.491 e. The van der Waals surface area contributed by atoms with E-state index in [2.05, 4.69) is 16.0 Å². The Morgan fingerprint density at radius 2 is 1.74 bits per heavy atom. The second-order valence-corrected chi connectivity index (χ2v) is 11.4. The number of nitrogens with zero attached hydrogens (tertiary/aromatic N) is 4. The van der Waals surface area contributed by atoms with Crippen molar-refractivity contribution < 1.29 is 14.3 Å². The van der Waals surface area contributed by atoms with E-state index in [0.29, 0.717) is 38.4 Å². The Balaban J connectivity index is 1.16. The Bertz CT molecular complexity index is 1780. The summed E-state index contributed by atoms with van der Waals surface area (Å²) in [6, 6.07) is 29.2. The van der Waals surface area contributed by atoms with Gasteiger partial charge in [-0.1, -0.05) is 48.5 Å². The zero-order chi connectivity index (χ0) is 28.5. The number of hydrogen-bond donors (Lipinski definition) is 0. The zero-order valence-electron chi connectivity index (χ0n) is 22.9. The number of aromatic nitrogens is 2. The molecule has 0 atom stereocenters. The molecule has 0 bridgehead atoms. The Morgan fingerprint density at radius 3 is 2.64 bits per heavy atom. The van der Waals surface area contributed by atoms with E-state index in [-0.39, 0.29) is 18.1 Å². The lowest BCUT2D eigenvalue weighted by atomic mass is 10.1. The number of anilines is 2. The molecular formula is C34H28N4O3S. The lowest BCUT2D eigenvalue weighted by Crippen LogP contribution is -2.34. The third-order valence-electron chi connectivity index (χ3n) is 7.67. The minimum atomic E-state index is -0.141. The number of carbonyl (C=O) groups excluding carboxylic acids is 2. The lowest BCUT2D eigenvalue weighted by molar-refractivity contribution is 0.0978. The number of ether oxygens (including phenoxy) is 1. The van der Waals surface area contributed by atoms with E-state index in [4.69, 9.17) is 9.72 Å². The van der Waals surface area contributed by atoms with Crippen molar-refractivity contribution in [2.75, 3.05) is 29.5 Å². The second kappa shape index (κ2) is 11.2. The number of para-hydroxylation sites is 2. The third kappa shape index (κ3) is 5.05. The van der Waals surface area contributed by atoms with Crippen molar-refractivity contribution in [1.82, 2.24) is 9.97 Å². The van der Waals surface area contributed by atoms with Gasteiger partial charge in [-0.2, -0.15) is 0 Å². The molecule has 0 N–H and O–H groups in total. The van der Waals surface area contributed by atoms with Gasteiger partial charge in [0.1, 0.15) is 23.9 Å². The highest BCUT2D eigenvalue weighted by Gasteiger charge is 2.28. The van der Waals surface area contributed by atoms with E-state index >= 15 is 0 Å². The molecule has 0 radical (unpaired) electrons. The van der Waals surface area contributed by atoms with E-state index < -0.39 is 0 Å². The van der Waals surface area contributed by atoms with Crippen molar-refractivity contribution in [3.05, 3.63) is 125 Å². The van der Waals surface area contributed by atoms with Crippen LogP contribution in [0.1, 0.15) is 37.0 Å². The molecule has 0 fully saturated rings. The van der Waals surface area contributed by atoms with Crippen LogP contribution in [0.4, 0.5) is 11.5 Å². The van der Waals surface area contributed by atoms with Gasteiger partial charge in [0.15, 0.2) is 5.78 Å². The van der Waals surface area contributed by atoms with Crippen molar-refractivity contribution in [3.63, 3.8) is 0 Å². The fraction of sp³-hybridized carbons (Fsp3) is 0.176. The number of carbonyl (C=O) groups is 2. The number of fused-ring (bicyclic) bond motifs is 4. The van der Waals surface area contributed by atoms with Crippen molar-refractivity contribution in [2.24, 2.45) is 0 Å². The zero-order valence-corrected chi connectivity index (χ0v) is 23.7. The van der Waals surface area contributed by atoms with Gasteiger partial charge in [0.2, 0.25) is 0 Å². The molecule has 2 aromatic carbocycles. The molecule has 5 aromatic rings. The summed E-state index contributed by atoms with van der Waals surface area (Å²) >= 11 is 1.50. The van der Waals surface area contributed by atoms with Crippen LogP contribution in [0.5, 0.6) is 5.75 Å². The molecule has 2 aliphatic rings. The SMILES string of the molecule is O=C(Cc1ccccn1)c1cc2c(s1)-c1ccccc1N(C(=O)c1cccc(N3CCOc4ccccc4C3)n1)CC2. The molecule has 8 heteroatoms. The molecule has 208 valence electrons. The maximum absolute atomic E-state index is 14.0. The van der Waals surface area contributed by atoms with Crippen molar-refractivity contribution in [3.8, 4) is 16.2 Å². The molecule has 5 heterocycles. The molecule has 0 unspecified atom stereocenters. The van der Waals surface area contributed by atoms with Gasteiger partial charge in [-0.3, -0.25) is 14.6 Å². The van der Waals surface area contributed by atoms with E-state index in [9.17, 15) is 9.59 Å². The summed E-state index contributed by atoms with van der Waals surface area (Å²) in [5.74, 6) is 1.55. The van der Waals surface area contributed by atoms with Gasteiger partial charge in [-0.05, 0) is 54.4 Å². The van der Waals surface area contributed by atoms with Crippen LogP contribution in [0.15, 0.2) is 97.2 Å². The fourth-order valence-electron chi connectivity index (χ4n) is 5.58. The number of rotatable bonds is 5. The summed E-state index contributed by atoms with van der Waals surface area (Å²) in [4.78, 5) is 42.0. The van der Waals surface area contributed by atoms with Crippen molar-refractivity contribution in [2.45, 2.75) is 19.4 Å². The predicted molar refractivity (Wildman–Crippen MR) is 165 cm³/mol. The number of hydrogen-bond acceptors (Lipinski definition) is 7. The first-order valence-electron chi connectivity index (χ1n) is 14.0. The monoisotopic (exact) mass is 572 g/mol. The van der Waals surface area contributed by atoms with Crippen LogP contribution in [0.25, 0.3) is 10.4 Å². The molecule has 0 saturated carbocycles. The van der Waals surface area contributed by atoms with E-state index in [1.807, 2.05) is 83.8 Å². The highest BCUT2D eigenvalue weighted by molar-refractivity contribution is 7.17. The number of thiophene rings is 1. The third-order valence-corrected chi connectivity index (χ3v) is 8.92. The van der Waals surface area contributed by atoms with Crippen LogP contribution in [-0.2, 0) is 19.4 Å². The van der Waals surface area contributed by atoms with Gasteiger partial charge >= 0.3 is 0 Å². The average Bonchev–Trinajstić information content (AvgIpc) is 3.25. The van der Waals surface area contributed by atoms with Gasteiger partial charge in [0.05, 0.1) is 23.5 Å². The van der Waals surface area contributed by atoms with Crippen LogP contribution in [-0.4, -0.2) is 41.4 Å². The van der Waals surface area contributed by atoms with E-state index in [1.165, 1.54) is 11.3 Å². The quantitative estimate of drug-likeness (QED) is 0.232. The van der Waals surface area contributed by atoms with E-state index in [1.54, 1.807) is 12.3 Å². The predicted octanol–water partition coefficient (Wildman–Crippen LogP) is 6.23. The summed E-state index contributed by atoms with van der Waals surface area (Å²) in [5, 5.41) is 0. The first-order valence-corrected chi connectivity index (χ1v) is 14.9. The molecule has 0 aliphatic carbocycles. The van der Waals surface area contributed by atoms with Crippen LogP contribution in [0.3, 0.4) is 0 Å². The van der Waals surface area contributed by atoms with Crippen molar-refractivity contribution in [1.29, 1.82) is 0 Å². The smallest absolute Gasteiger partial charge is 0.276 e. The molecule has 0 spiro atoms. The number of pyridine rings is 2. The van der Waals surface area contributed by atoms with Gasteiger partial charge < -0.3 is 14.5 Å². The topological polar surface area (TPSA) is 75.6 Å². The maximum atomic E-state index is 14.0. The van der Waals surface area contributed by atoms with E-state index in [0.717, 1.165) is 49.4 Å². The molecule has 2 aliphatic heterocycles. The van der Waals surface area contributed by atoms with Gasteiger partial charge in [-0.15, -0.1) is 11.3 Å². The molecule has 7 rings (SSSR count). The van der Waals surface area contributed by atoms with Crippen LogP contribution >= 0.6 is 11.3 Å². The summed E-state index contributed by atoms with van der Waals surface area (Å²) in [5.41, 5.74) is 5.12. The van der Waals surface area contributed by atoms with Gasteiger partial charge in [0.25, 0.3) is 5.91 Å². The van der Waals surface area contributed by atoms with Crippen molar-refractivity contribution >= 4 is 34.5 Å². The van der Waals surface area contributed by atoms with Crippen LogP contribution < -0.4 is 14.5 Å². The standard InChI is InChI=1S/C34H28N4O3S/c39-29(21-25-9-5-6-16-35-25)31-20-23-15-17-38(28-12-3-2-10-26(28)33(23)42-31)34(40)27-11-7-14-32(36-27)37-18-19-41-30-13-4-1-8-24(30)22-37/h1-14,16,20H,15,17-19,21-22H2. The van der Waals surface area contributed by atoms with Gasteiger partial charge in [-0.25, -0.2) is 4.98 Å². The lowest BCUT2D eigenvalue weighted by Gasteiger charge is -2.24. The Morgan fingerprint density at radius 1 is 0.881 bits per heavy atom. The normalized spacial score (nSPS) is 14.1. The Kier molecular flexibility index (Phi) is 6.97. The maximum Gasteiger partial charge on any atom is 0.276 e. The Hall–Kier alpha value is -4.82. The number of ketones is 1. The molecule has 3 aromatic heterocycles. The van der Waals surface area contributed by atoms with Crippen LogP contribution in [0.2, 0.25) is 0 Å². The largest absolute Gasteiger partial charge is 0.491 e. The molecule has 0 saturated heterocycles. The van der Waals surface area contributed by atoms with Crippen LogP contribution in [0, 0.1) is 0 Å². The highest BCUT2D eigenvalue weighted by atomic mass is 32.1. The second-order valence-electron chi connectivity index (χ2n) is 10.4. The Labute approximate surface area is 248 Å². The first-order chi connectivity index (χ1) is 20.6. The summed E-state index contributed by atoms with van der Waals surface area (Å²) in [7, 11) is 0. The first kappa shape index (κ1) is 26.1. The number of amides is 1. The number of benzene rings is 2. The average molecular weight is 573 g/mol. The number of Topliss-reactive ketones (excluding diaryl/α,β-unsaturated/α-hetero) is 1. The molecule has 1 amide bonds. The summed E-state index contributed by atoms with van der Waals surface area (Å²) in [6.07, 6.45) is 2.62. The minimum absolute atomic E-state index is 0.0553. The molecule has 7 nitrogen and oxygen atoms in total.